The van der Waals surface area contributed by atoms with Crippen molar-refractivity contribution in [1.29, 1.82) is 0 Å². The summed E-state index contributed by atoms with van der Waals surface area (Å²) in [5, 5.41) is 1.83. The number of thiazole rings is 1. The van der Waals surface area contributed by atoms with Gasteiger partial charge in [-0.1, -0.05) is 23.5 Å². The van der Waals surface area contributed by atoms with Crippen LogP contribution in [0.2, 0.25) is 0 Å². The molecule has 120 valence electrons. The van der Waals surface area contributed by atoms with Gasteiger partial charge in [0.2, 0.25) is 5.52 Å². The summed E-state index contributed by atoms with van der Waals surface area (Å²) in [7, 11) is 5.91. The highest BCUT2D eigenvalue weighted by Crippen LogP contribution is 2.29. The summed E-state index contributed by atoms with van der Waals surface area (Å²) in [5.74, 6) is 0. The average Bonchev–Trinajstić information content (AvgIpc) is 2.91. The van der Waals surface area contributed by atoms with E-state index in [1.165, 1.54) is 0 Å². The molecule has 2 aromatic carbocycles. The van der Waals surface area contributed by atoms with Crippen LogP contribution in [0.1, 0.15) is 0 Å². The summed E-state index contributed by atoms with van der Waals surface area (Å²) in [6.07, 6.45) is 0. The van der Waals surface area contributed by atoms with Gasteiger partial charge in [-0.05, 0) is 24.3 Å². The third-order valence-electron chi connectivity index (χ3n) is 4.20. The van der Waals surface area contributed by atoms with Crippen molar-refractivity contribution in [2.24, 2.45) is 7.05 Å². The predicted octanol–water partition coefficient (Wildman–Crippen LogP) is 3.57. The summed E-state index contributed by atoms with van der Waals surface area (Å²) in [6, 6.07) is 16.0. The standard InChI is InChI=1S/C19H17N2O2S/c1-20(2)13-9-8-12-10-14(19(22)23-16(12)11-13)18-21(3)15-6-4-5-7-17(15)24-18/h4-11H,1-3H3/q+1. The lowest BCUT2D eigenvalue weighted by Gasteiger charge is -2.12. The maximum absolute atomic E-state index is 12.6. The van der Waals surface area contributed by atoms with Gasteiger partial charge in [-0.2, -0.15) is 4.57 Å². The first-order chi connectivity index (χ1) is 11.5. The SMILES string of the molecule is CN(C)c1ccc2cc(-c3sc4ccccc4[n+]3C)c(=O)oc2c1. The Bertz CT molecular complexity index is 1130. The van der Waals surface area contributed by atoms with Crippen molar-refractivity contribution in [3.05, 3.63) is 59.0 Å². The number of benzene rings is 2. The Morgan fingerprint density at radius 3 is 2.62 bits per heavy atom. The van der Waals surface area contributed by atoms with Crippen LogP contribution < -0.4 is 15.1 Å². The van der Waals surface area contributed by atoms with E-state index < -0.39 is 0 Å². The van der Waals surface area contributed by atoms with Gasteiger partial charge in [0, 0.05) is 37.3 Å². The van der Waals surface area contributed by atoms with E-state index in [4.69, 9.17) is 4.42 Å². The molecule has 0 fully saturated rings. The molecule has 24 heavy (non-hydrogen) atoms. The number of hydrogen-bond acceptors (Lipinski definition) is 4. The molecule has 0 amide bonds. The van der Waals surface area contributed by atoms with Crippen molar-refractivity contribution < 1.29 is 8.98 Å². The predicted molar refractivity (Wildman–Crippen MR) is 98.8 cm³/mol. The molecule has 0 N–H and O–H groups in total. The minimum absolute atomic E-state index is 0.305. The lowest BCUT2D eigenvalue weighted by Crippen LogP contribution is -2.29. The van der Waals surface area contributed by atoms with Gasteiger partial charge in [0.05, 0.1) is 0 Å². The Morgan fingerprint density at radius 1 is 1.08 bits per heavy atom. The van der Waals surface area contributed by atoms with E-state index in [0.29, 0.717) is 11.1 Å². The molecule has 0 saturated heterocycles. The molecule has 0 saturated carbocycles. The van der Waals surface area contributed by atoms with Crippen LogP contribution in [-0.2, 0) is 7.05 Å². The van der Waals surface area contributed by atoms with E-state index in [1.807, 2.05) is 67.0 Å². The molecule has 0 unspecified atom stereocenters. The first kappa shape index (κ1) is 14.9. The second-order valence-electron chi connectivity index (χ2n) is 6.00. The number of hydrogen-bond donors (Lipinski definition) is 0. The number of para-hydroxylation sites is 1. The molecule has 4 nitrogen and oxygen atoms in total. The fourth-order valence-corrected chi connectivity index (χ4v) is 4.02. The monoisotopic (exact) mass is 337 g/mol. The van der Waals surface area contributed by atoms with Crippen molar-refractivity contribution in [3.63, 3.8) is 0 Å². The maximum Gasteiger partial charge on any atom is 0.351 e. The molecule has 0 spiro atoms. The molecule has 0 radical (unpaired) electrons. The van der Waals surface area contributed by atoms with Crippen LogP contribution in [0.25, 0.3) is 31.8 Å². The largest absolute Gasteiger partial charge is 0.422 e. The number of anilines is 1. The molecule has 0 aliphatic rings. The lowest BCUT2D eigenvalue weighted by atomic mass is 10.1. The molecule has 4 rings (SSSR count). The van der Waals surface area contributed by atoms with Gasteiger partial charge in [0.15, 0.2) is 0 Å². The highest BCUT2D eigenvalue weighted by Gasteiger charge is 2.22. The molecule has 2 heterocycles. The van der Waals surface area contributed by atoms with Crippen molar-refractivity contribution in [2.45, 2.75) is 0 Å². The van der Waals surface area contributed by atoms with Crippen LogP contribution in [0.15, 0.2) is 57.7 Å². The van der Waals surface area contributed by atoms with Crippen molar-refractivity contribution in [1.82, 2.24) is 0 Å². The Hall–Kier alpha value is -2.66. The number of rotatable bonds is 2. The number of fused-ring (bicyclic) bond motifs is 2. The van der Waals surface area contributed by atoms with E-state index in [9.17, 15) is 4.79 Å². The third-order valence-corrected chi connectivity index (χ3v) is 5.46. The van der Waals surface area contributed by atoms with Crippen molar-refractivity contribution in [3.8, 4) is 10.6 Å². The van der Waals surface area contributed by atoms with Crippen LogP contribution in [0.4, 0.5) is 5.69 Å². The van der Waals surface area contributed by atoms with Gasteiger partial charge in [-0.15, -0.1) is 0 Å². The summed E-state index contributed by atoms with van der Waals surface area (Å²) >= 11 is 1.60. The van der Waals surface area contributed by atoms with E-state index in [2.05, 4.69) is 12.1 Å². The Balaban J connectivity index is 1.96. The number of aryl methyl sites for hydroxylation is 1. The first-order valence-corrected chi connectivity index (χ1v) is 8.49. The van der Waals surface area contributed by atoms with Crippen molar-refractivity contribution in [2.75, 3.05) is 19.0 Å². The smallest absolute Gasteiger partial charge is 0.351 e. The van der Waals surface area contributed by atoms with Crippen LogP contribution >= 0.6 is 11.3 Å². The summed E-state index contributed by atoms with van der Waals surface area (Å²) in [4.78, 5) is 14.5. The van der Waals surface area contributed by atoms with Gasteiger partial charge in [0.25, 0.3) is 5.01 Å². The van der Waals surface area contributed by atoms with E-state index in [0.717, 1.165) is 26.3 Å². The van der Waals surface area contributed by atoms with E-state index in [1.54, 1.807) is 11.3 Å². The summed E-state index contributed by atoms with van der Waals surface area (Å²) < 4.78 is 8.80. The average molecular weight is 337 g/mol. The highest BCUT2D eigenvalue weighted by molar-refractivity contribution is 7.21. The second kappa shape index (κ2) is 5.46. The second-order valence-corrected chi connectivity index (χ2v) is 7.03. The summed E-state index contributed by atoms with van der Waals surface area (Å²) in [6.45, 7) is 0. The molecule has 0 aliphatic heterocycles. The van der Waals surface area contributed by atoms with Gasteiger partial charge in [-0.3, -0.25) is 0 Å². The van der Waals surface area contributed by atoms with Crippen LogP contribution in [-0.4, -0.2) is 14.1 Å². The van der Waals surface area contributed by atoms with E-state index in [-0.39, 0.29) is 5.63 Å². The Kier molecular flexibility index (Phi) is 3.39. The molecule has 0 aliphatic carbocycles. The van der Waals surface area contributed by atoms with Gasteiger partial charge in [-0.25, -0.2) is 4.79 Å². The van der Waals surface area contributed by atoms with Crippen LogP contribution in [0, 0.1) is 0 Å². The van der Waals surface area contributed by atoms with Crippen LogP contribution in [0.3, 0.4) is 0 Å². The normalized spacial score (nSPS) is 11.3. The molecule has 5 heteroatoms. The molecule has 0 bridgehead atoms. The zero-order valence-corrected chi connectivity index (χ0v) is 14.6. The zero-order chi connectivity index (χ0) is 16.8. The maximum atomic E-state index is 12.6. The fourth-order valence-electron chi connectivity index (χ4n) is 2.87. The fraction of sp³-hybridized carbons (Fsp3) is 0.158. The Labute approximate surface area is 143 Å². The molecular weight excluding hydrogens is 320 g/mol. The first-order valence-electron chi connectivity index (χ1n) is 7.68. The van der Waals surface area contributed by atoms with Gasteiger partial charge in [0.1, 0.15) is 22.9 Å². The minimum atomic E-state index is -0.305. The minimum Gasteiger partial charge on any atom is -0.422 e. The molecule has 4 aromatic rings. The topological polar surface area (TPSA) is 37.3 Å². The quantitative estimate of drug-likeness (QED) is 0.414. The van der Waals surface area contributed by atoms with Gasteiger partial charge >= 0.3 is 5.63 Å². The zero-order valence-electron chi connectivity index (χ0n) is 13.7. The van der Waals surface area contributed by atoms with Crippen LogP contribution in [0.5, 0.6) is 0 Å². The van der Waals surface area contributed by atoms with Gasteiger partial charge < -0.3 is 9.32 Å². The molecule has 0 atom stereocenters. The molecular formula is C19H17N2O2S+. The summed E-state index contributed by atoms with van der Waals surface area (Å²) in [5.41, 5.74) is 3.02. The number of aromatic nitrogens is 1. The lowest BCUT2D eigenvalue weighted by molar-refractivity contribution is -0.629. The number of nitrogens with zero attached hydrogens (tertiary/aromatic N) is 2. The molecule has 2 aromatic heterocycles. The third kappa shape index (κ3) is 2.29. The van der Waals surface area contributed by atoms with E-state index >= 15 is 0 Å². The highest BCUT2D eigenvalue weighted by atomic mass is 32.1. The van der Waals surface area contributed by atoms with Crippen molar-refractivity contribution >= 4 is 38.2 Å². The Morgan fingerprint density at radius 2 is 1.88 bits per heavy atom.